The molecule has 0 spiro atoms. The highest BCUT2D eigenvalue weighted by Crippen LogP contribution is 2.38. The Labute approximate surface area is 667 Å². The van der Waals surface area contributed by atoms with Gasteiger partial charge in [0.1, 0.15) is 54.1 Å². The van der Waals surface area contributed by atoms with Gasteiger partial charge in [-0.1, -0.05) is 66.7 Å². The fraction of sp³-hybridized carbons (Fsp3) is 0.153. The number of aromatic amines is 3. The molecule has 115 heavy (non-hydrogen) atoms. The topological polar surface area (TPSA) is 182 Å². The number of aromatic nitrogens is 11. The molecule has 0 aliphatic carbocycles. The number of carbonyl (C=O) groups is 1. The molecule has 0 aliphatic heterocycles. The lowest BCUT2D eigenvalue weighted by Gasteiger charge is -2.13. The molecule has 0 fully saturated rings. The van der Waals surface area contributed by atoms with Crippen molar-refractivity contribution < 1.29 is 28.5 Å². The minimum atomic E-state index is 0.0789. The molecule has 0 radical (unpaired) electrons. The molecule has 17 heteroatoms. The van der Waals surface area contributed by atoms with E-state index in [0.29, 0.717) is 0 Å². The van der Waals surface area contributed by atoms with Gasteiger partial charge in [-0.3, -0.25) is 23.1 Å². The highest BCUT2D eigenvalue weighted by Gasteiger charge is 2.18. The second-order valence-corrected chi connectivity index (χ2v) is 29.7. The van der Waals surface area contributed by atoms with Gasteiger partial charge in [-0.25, -0.2) is 19.9 Å². The molecule has 19 rings (SSSR count). The first-order chi connectivity index (χ1) is 55.9. The molecule has 19 aromatic rings. The van der Waals surface area contributed by atoms with Crippen LogP contribution in [-0.2, 0) is 0 Å². The third-order valence-corrected chi connectivity index (χ3v) is 20.0. The Morgan fingerprint density at radius 2 is 0.652 bits per heavy atom. The summed E-state index contributed by atoms with van der Waals surface area (Å²) in [5.41, 5.74) is 26.7. The van der Waals surface area contributed by atoms with E-state index < -0.39 is 0 Å². The SMILES string of the molecule is CC(=O)c1ccc(-c2ccc3ncn(-c4ccc5[nH]ccc5c4)c3c2)cc1.COc1cc2ncn(-c3ccc(OC(C)C)cc3)c2cc1-c1ccc(OC(C)C)cc1.Cc1cc2ncn(-c3ccc(OC(C)C)cc3)c2cc1-c1ccc(OC(C)C)cc1.c1cc2cc(-c3ccc4ncn(-c5ccc6[nH]ccc6c5)c4c3)ccc2[nH]1. The number of fused-ring (bicyclic) bond motifs is 7. The average molecular weight is 1520 g/mol. The molecule has 7 aromatic heterocycles. The lowest BCUT2D eigenvalue weighted by atomic mass is 9.99. The van der Waals surface area contributed by atoms with E-state index in [0.717, 1.165) is 140 Å². The summed E-state index contributed by atoms with van der Waals surface area (Å²) in [6, 6.07) is 87.0. The maximum atomic E-state index is 11.5. The zero-order chi connectivity index (χ0) is 79.4. The normalized spacial score (nSPS) is 11.4. The van der Waals surface area contributed by atoms with Gasteiger partial charge in [-0.2, -0.15) is 0 Å². The number of nitrogens with zero attached hydrogens (tertiary/aromatic N) is 8. The van der Waals surface area contributed by atoms with Crippen molar-refractivity contribution >= 4 is 82.6 Å². The van der Waals surface area contributed by atoms with Crippen molar-refractivity contribution in [2.45, 2.75) is 93.7 Å². The van der Waals surface area contributed by atoms with E-state index >= 15 is 0 Å². The van der Waals surface area contributed by atoms with Gasteiger partial charge in [-0.15, -0.1) is 0 Å². The first-order valence-electron chi connectivity index (χ1n) is 38.8. The van der Waals surface area contributed by atoms with Crippen molar-refractivity contribution in [1.29, 1.82) is 0 Å². The standard InChI is InChI=1S/C26H28N2O3.C26H28N2O2.C23H16N4.C23H17N3O/c1-17(2)30-21-10-6-19(7-11-21)23-14-25-24(15-26(23)29-5)27-16-28(25)20-8-12-22(13-9-20)31-18(3)4;1-17(2)29-22-10-6-20(7-11-22)24-15-26-25(14-19(24)5)27-16-28(26)21-8-12-23(13-9-21)30-18(3)4;1-4-20-17(7-9-24-20)11-15(1)16-2-5-22-23(13-16)27(14-26-22)19-3-6-21-18(12-19)8-10-25-21;1-15(27)16-2-4-17(5-3-16)18-6-8-22-23(13-18)26(14-25-22)20-7-9-21-19(12-20)10-11-24-21/h6-18H,1-5H3;6-18H,1-5H3;1-14,24-25H;2-14,24H,1H3. The van der Waals surface area contributed by atoms with Crippen LogP contribution in [0.2, 0.25) is 0 Å². The van der Waals surface area contributed by atoms with Crippen LogP contribution >= 0.6 is 0 Å². The molecule has 3 N–H and O–H groups in total. The van der Waals surface area contributed by atoms with Crippen LogP contribution < -0.4 is 23.7 Å². The Balaban J connectivity index is 0.000000115. The monoisotopic (exact) mass is 1520 g/mol. The number of hydrogen-bond acceptors (Lipinski definition) is 10. The summed E-state index contributed by atoms with van der Waals surface area (Å²) in [5.74, 6) is 4.34. The Kier molecular flexibility index (Phi) is 21.2. The van der Waals surface area contributed by atoms with E-state index in [1.165, 1.54) is 44.0 Å². The van der Waals surface area contributed by atoms with Crippen molar-refractivity contribution in [3.8, 4) is 96.0 Å². The molecule has 0 bridgehead atoms. The van der Waals surface area contributed by atoms with Gasteiger partial charge < -0.3 is 38.6 Å². The lowest BCUT2D eigenvalue weighted by molar-refractivity contribution is 0.101. The van der Waals surface area contributed by atoms with E-state index in [4.69, 9.17) is 23.7 Å². The smallest absolute Gasteiger partial charge is 0.159 e. The maximum Gasteiger partial charge on any atom is 0.159 e. The summed E-state index contributed by atoms with van der Waals surface area (Å²) in [6.45, 7) is 19.9. The number of Topliss-reactive ketones (excluding diaryl/α,β-unsaturated/α-hetero) is 1. The third-order valence-electron chi connectivity index (χ3n) is 20.0. The highest BCUT2D eigenvalue weighted by atomic mass is 16.5. The molecule has 0 saturated carbocycles. The molecular formula is C98H89N11O6. The molecule has 7 heterocycles. The van der Waals surface area contributed by atoms with E-state index in [-0.39, 0.29) is 30.2 Å². The number of ketones is 1. The van der Waals surface area contributed by atoms with Crippen LogP contribution in [0, 0.1) is 6.92 Å². The fourth-order valence-corrected chi connectivity index (χ4v) is 14.5. The van der Waals surface area contributed by atoms with E-state index in [9.17, 15) is 4.79 Å². The van der Waals surface area contributed by atoms with E-state index in [1.54, 1.807) is 14.0 Å². The lowest BCUT2D eigenvalue weighted by Crippen LogP contribution is -2.05. The summed E-state index contributed by atoms with van der Waals surface area (Å²) in [6.07, 6.45) is 14.0. The summed E-state index contributed by atoms with van der Waals surface area (Å²) >= 11 is 0. The number of rotatable bonds is 18. The van der Waals surface area contributed by atoms with Gasteiger partial charge >= 0.3 is 0 Å². The largest absolute Gasteiger partial charge is 0.496 e. The Morgan fingerprint density at radius 1 is 0.322 bits per heavy atom. The second kappa shape index (κ2) is 32.6. The van der Waals surface area contributed by atoms with Crippen molar-refractivity contribution in [1.82, 2.24) is 53.2 Å². The van der Waals surface area contributed by atoms with E-state index in [2.05, 4.69) is 218 Å². The van der Waals surface area contributed by atoms with Crippen LogP contribution in [0.1, 0.15) is 78.2 Å². The van der Waals surface area contributed by atoms with Gasteiger partial charge in [0.2, 0.25) is 0 Å². The van der Waals surface area contributed by atoms with E-state index in [1.807, 2.05) is 196 Å². The van der Waals surface area contributed by atoms with Crippen molar-refractivity contribution in [3.05, 3.63) is 310 Å². The van der Waals surface area contributed by atoms with Gasteiger partial charge in [0, 0.05) is 85.9 Å². The first-order valence-corrected chi connectivity index (χ1v) is 38.8. The number of imidazole rings is 4. The maximum absolute atomic E-state index is 11.5. The minimum absolute atomic E-state index is 0.0789. The Hall–Kier alpha value is -14.2. The summed E-state index contributed by atoms with van der Waals surface area (Å²) in [7, 11) is 1.69. The molecule has 572 valence electrons. The van der Waals surface area contributed by atoms with Crippen molar-refractivity contribution in [2.75, 3.05) is 7.11 Å². The minimum Gasteiger partial charge on any atom is -0.496 e. The molecule has 0 amide bonds. The predicted octanol–water partition coefficient (Wildman–Crippen LogP) is 23.9. The number of nitrogens with one attached hydrogen (secondary N) is 3. The quantitative estimate of drug-likeness (QED) is 0.0699. The van der Waals surface area contributed by atoms with Crippen LogP contribution in [0.15, 0.2) is 299 Å². The van der Waals surface area contributed by atoms with Crippen molar-refractivity contribution in [2.24, 2.45) is 0 Å². The fourth-order valence-electron chi connectivity index (χ4n) is 14.5. The molecule has 0 saturated heterocycles. The molecule has 12 aromatic carbocycles. The highest BCUT2D eigenvalue weighted by molar-refractivity contribution is 5.96. The van der Waals surface area contributed by atoms with Crippen molar-refractivity contribution in [3.63, 3.8) is 0 Å². The zero-order valence-electron chi connectivity index (χ0n) is 66.1. The Morgan fingerprint density at radius 3 is 1.09 bits per heavy atom. The molecular weight excluding hydrogens is 1430 g/mol. The van der Waals surface area contributed by atoms with Crippen LogP contribution in [0.25, 0.3) is 144 Å². The number of ether oxygens (including phenoxy) is 5. The number of benzene rings is 12. The first kappa shape index (κ1) is 74.9. The number of H-pyrrole nitrogens is 3. The molecule has 17 nitrogen and oxygen atoms in total. The summed E-state index contributed by atoms with van der Waals surface area (Å²) < 4.78 is 37.2. The number of carbonyl (C=O) groups excluding carboxylic acids is 1. The number of aryl methyl sites for hydroxylation is 1. The summed E-state index contributed by atoms with van der Waals surface area (Å²) in [4.78, 5) is 39.6. The Bertz CT molecular complexity index is 6630. The second-order valence-electron chi connectivity index (χ2n) is 29.7. The zero-order valence-corrected chi connectivity index (χ0v) is 66.1. The van der Waals surface area contributed by atoms with Crippen LogP contribution in [-0.4, -0.2) is 90.5 Å². The average Bonchev–Trinajstić information content (AvgIpc) is 1.65. The van der Waals surface area contributed by atoms with Gasteiger partial charge in [0.25, 0.3) is 0 Å². The molecule has 0 unspecified atom stereocenters. The molecule has 0 aliphatic rings. The van der Waals surface area contributed by atoms with Crippen LogP contribution in [0.4, 0.5) is 0 Å². The van der Waals surface area contributed by atoms with Gasteiger partial charge in [-0.05, 0) is 301 Å². The third kappa shape index (κ3) is 16.5. The van der Waals surface area contributed by atoms with Gasteiger partial charge in [0.15, 0.2) is 5.78 Å². The van der Waals surface area contributed by atoms with Gasteiger partial charge in [0.05, 0.1) is 75.7 Å². The number of hydrogen-bond donors (Lipinski definition) is 3. The molecule has 0 atom stereocenters. The predicted molar refractivity (Wildman–Crippen MR) is 466 cm³/mol. The van der Waals surface area contributed by atoms with Crippen LogP contribution in [0.3, 0.4) is 0 Å². The number of methoxy groups -OCH3 is 1. The summed E-state index contributed by atoms with van der Waals surface area (Å²) in [5, 5.41) is 3.59. The van der Waals surface area contributed by atoms with Crippen LogP contribution in [0.5, 0.6) is 28.7 Å².